The van der Waals surface area contributed by atoms with Gasteiger partial charge in [-0.15, -0.1) is 5.10 Å². The average molecular weight is 441 g/mol. The van der Waals surface area contributed by atoms with Crippen molar-refractivity contribution in [3.05, 3.63) is 107 Å². The van der Waals surface area contributed by atoms with Gasteiger partial charge in [0.05, 0.1) is 12.7 Å². The molecule has 2 heterocycles. The predicted molar refractivity (Wildman–Crippen MR) is 121 cm³/mol. The van der Waals surface area contributed by atoms with Gasteiger partial charge in [0.25, 0.3) is 0 Å². The van der Waals surface area contributed by atoms with Crippen LogP contribution in [0, 0.1) is 0 Å². The minimum atomic E-state index is -0.409. The molecular formula is C25H19N3O5. The van der Waals surface area contributed by atoms with Crippen molar-refractivity contribution in [1.29, 1.82) is 0 Å². The van der Waals surface area contributed by atoms with Crippen molar-refractivity contribution in [1.82, 2.24) is 15.0 Å². The molecule has 0 saturated carbocycles. The lowest BCUT2D eigenvalue weighted by molar-refractivity contribution is 0.301. The van der Waals surface area contributed by atoms with E-state index in [1.165, 1.54) is 6.07 Å². The monoisotopic (exact) mass is 441 g/mol. The number of phenolic OH excluding ortho intramolecular Hbond substituents is 1. The molecule has 0 amide bonds. The van der Waals surface area contributed by atoms with Gasteiger partial charge < -0.3 is 19.0 Å². The van der Waals surface area contributed by atoms with Crippen LogP contribution in [0.3, 0.4) is 0 Å². The molecule has 3 aromatic carbocycles. The quantitative estimate of drug-likeness (QED) is 0.371. The number of aromatic hydroxyl groups is 1. The van der Waals surface area contributed by atoms with Gasteiger partial charge in [-0.25, -0.2) is 9.48 Å². The molecule has 33 heavy (non-hydrogen) atoms. The molecule has 0 aliphatic heterocycles. The summed E-state index contributed by atoms with van der Waals surface area (Å²) in [6, 6.07) is 22.9. The van der Waals surface area contributed by atoms with Gasteiger partial charge in [0.2, 0.25) is 0 Å². The van der Waals surface area contributed by atoms with Gasteiger partial charge in [0.1, 0.15) is 29.4 Å². The highest BCUT2D eigenvalue weighted by Crippen LogP contribution is 2.31. The van der Waals surface area contributed by atoms with Crippen molar-refractivity contribution in [2.45, 2.75) is 13.2 Å². The molecular weight excluding hydrogens is 422 g/mol. The number of aromatic nitrogens is 3. The maximum absolute atomic E-state index is 11.4. The Kier molecular flexibility index (Phi) is 5.47. The highest BCUT2D eigenvalue weighted by atomic mass is 16.5. The van der Waals surface area contributed by atoms with Gasteiger partial charge in [-0.1, -0.05) is 29.5 Å². The number of fused-ring (bicyclic) bond motifs is 1. The second kappa shape index (κ2) is 8.88. The number of ether oxygens (including phenoxy) is 2. The lowest BCUT2D eigenvalue weighted by Crippen LogP contribution is -2.00. The number of hydrogen-bond acceptors (Lipinski definition) is 7. The average Bonchev–Trinajstić information content (AvgIpc) is 3.27. The second-order valence-corrected chi connectivity index (χ2v) is 7.37. The zero-order chi connectivity index (χ0) is 22.6. The highest BCUT2D eigenvalue weighted by Gasteiger charge is 2.08. The molecule has 5 rings (SSSR count). The summed E-state index contributed by atoms with van der Waals surface area (Å²) in [5.74, 6) is 1.63. The van der Waals surface area contributed by atoms with E-state index in [1.807, 2.05) is 42.5 Å². The summed E-state index contributed by atoms with van der Waals surface area (Å²) in [6.07, 6.45) is 1.77. The SMILES string of the molecule is O=c1ccc2ccc(OCc3cn(Cc4ccc(Oc5ccccc5)c(O)c4)nn3)cc2o1. The van der Waals surface area contributed by atoms with E-state index < -0.39 is 5.63 Å². The second-order valence-electron chi connectivity index (χ2n) is 7.37. The highest BCUT2D eigenvalue weighted by molar-refractivity contribution is 5.77. The smallest absolute Gasteiger partial charge is 0.336 e. The van der Waals surface area contributed by atoms with Crippen molar-refractivity contribution in [3.8, 4) is 23.0 Å². The van der Waals surface area contributed by atoms with E-state index in [0.717, 1.165) is 10.9 Å². The molecule has 0 atom stereocenters. The Balaban J connectivity index is 1.22. The molecule has 0 fully saturated rings. The summed E-state index contributed by atoms with van der Waals surface area (Å²) in [5, 5.41) is 19.4. The first kappa shape index (κ1) is 20.3. The van der Waals surface area contributed by atoms with Crippen molar-refractivity contribution in [2.24, 2.45) is 0 Å². The first-order valence-electron chi connectivity index (χ1n) is 10.2. The molecule has 0 spiro atoms. The molecule has 0 saturated heterocycles. The van der Waals surface area contributed by atoms with Crippen LogP contribution < -0.4 is 15.1 Å². The van der Waals surface area contributed by atoms with E-state index in [0.29, 0.717) is 35.1 Å². The maximum Gasteiger partial charge on any atom is 0.336 e. The summed E-state index contributed by atoms with van der Waals surface area (Å²) >= 11 is 0. The number of benzene rings is 3. The zero-order valence-corrected chi connectivity index (χ0v) is 17.4. The van der Waals surface area contributed by atoms with E-state index in [1.54, 1.807) is 41.2 Å². The lowest BCUT2D eigenvalue weighted by atomic mass is 10.2. The topological polar surface area (TPSA) is 99.6 Å². The van der Waals surface area contributed by atoms with Crippen LogP contribution in [-0.2, 0) is 13.2 Å². The third-order valence-corrected chi connectivity index (χ3v) is 4.91. The van der Waals surface area contributed by atoms with Crippen LogP contribution >= 0.6 is 0 Å². The van der Waals surface area contributed by atoms with Crippen LogP contribution in [0.15, 0.2) is 94.3 Å². The number of hydrogen-bond donors (Lipinski definition) is 1. The Bertz CT molecular complexity index is 1460. The normalized spacial score (nSPS) is 10.9. The van der Waals surface area contributed by atoms with E-state index in [-0.39, 0.29) is 12.4 Å². The van der Waals surface area contributed by atoms with E-state index in [2.05, 4.69) is 10.3 Å². The Morgan fingerprint density at radius 2 is 1.79 bits per heavy atom. The number of nitrogens with zero attached hydrogens (tertiary/aromatic N) is 3. The van der Waals surface area contributed by atoms with Gasteiger partial charge in [0.15, 0.2) is 11.5 Å². The Labute approximate surface area is 188 Å². The third kappa shape index (κ3) is 4.85. The number of para-hydroxylation sites is 1. The molecule has 2 aromatic heterocycles. The Morgan fingerprint density at radius 1 is 0.939 bits per heavy atom. The predicted octanol–water partition coefficient (Wildman–Crippen LogP) is 4.51. The number of phenols is 1. The van der Waals surface area contributed by atoms with E-state index >= 15 is 0 Å². The molecule has 0 aliphatic rings. The molecule has 5 aromatic rings. The van der Waals surface area contributed by atoms with Crippen molar-refractivity contribution in [3.63, 3.8) is 0 Å². The van der Waals surface area contributed by atoms with Crippen LogP contribution in [0.25, 0.3) is 11.0 Å². The molecule has 8 nitrogen and oxygen atoms in total. The van der Waals surface area contributed by atoms with Gasteiger partial charge >= 0.3 is 5.63 Å². The van der Waals surface area contributed by atoms with Gasteiger partial charge in [-0.3, -0.25) is 0 Å². The molecule has 0 radical (unpaired) electrons. The zero-order valence-electron chi connectivity index (χ0n) is 17.4. The summed E-state index contributed by atoms with van der Waals surface area (Å²) in [4.78, 5) is 11.4. The number of rotatable bonds is 7. The minimum Gasteiger partial charge on any atom is -0.504 e. The molecule has 0 unspecified atom stereocenters. The third-order valence-electron chi connectivity index (χ3n) is 4.91. The fourth-order valence-electron chi connectivity index (χ4n) is 3.32. The standard InChI is InChI=1S/C25H19N3O5/c29-22-12-17(6-10-23(22)32-20-4-2-1-3-5-20)14-28-15-19(26-27-28)16-31-21-9-7-18-8-11-25(30)33-24(18)13-21/h1-13,15,29H,14,16H2. The van der Waals surface area contributed by atoms with E-state index in [9.17, 15) is 9.90 Å². The largest absolute Gasteiger partial charge is 0.504 e. The van der Waals surface area contributed by atoms with Crippen LogP contribution in [0.2, 0.25) is 0 Å². The lowest BCUT2D eigenvalue weighted by Gasteiger charge is -2.09. The summed E-state index contributed by atoms with van der Waals surface area (Å²) < 4.78 is 18.3. The van der Waals surface area contributed by atoms with Crippen LogP contribution in [0.4, 0.5) is 0 Å². The molecule has 1 N–H and O–H groups in total. The maximum atomic E-state index is 11.4. The first-order chi connectivity index (χ1) is 16.1. The Morgan fingerprint density at radius 3 is 2.64 bits per heavy atom. The van der Waals surface area contributed by atoms with Crippen LogP contribution in [0.5, 0.6) is 23.0 Å². The Hall–Kier alpha value is -4.59. The summed E-state index contributed by atoms with van der Waals surface area (Å²) in [6.45, 7) is 0.630. The van der Waals surface area contributed by atoms with Gasteiger partial charge in [0, 0.05) is 17.5 Å². The molecule has 0 bridgehead atoms. The van der Waals surface area contributed by atoms with Gasteiger partial charge in [-0.2, -0.15) is 0 Å². The first-order valence-corrected chi connectivity index (χ1v) is 10.2. The summed E-state index contributed by atoms with van der Waals surface area (Å²) in [7, 11) is 0. The van der Waals surface area contributed by atoms with Gasteiger partial charge in [-0.05, 0) is 48.0 Å². The molecule has 0 aliphatic carbocycles. The van der Waals surface area contributed by atoms with Crippen LogP contribution in [-0.4, -0.2) is 20.1 Å². The van der Waals surface area contributed by atoms with Crippen molar-refractivity contribution in [2.75, 3.05) is 0 Å². The van der Waals surface area contributed by atoms with Crippen molar-refractivity contribution < 1.29 is 19.0 Å². The van der Waals surface area contributed by atoms with Crippen molar-refractivity contribution >= 4 is 11.0 Å². The molecule has 164 valence electrons. The fraction of sp³-hybridized carbons (Fsp3) is 0.0800. The van der Waals surface area contributed by atoms with Crippen LogP contribution in [0.1, 0.15) is 11.3 Å². The fourth-order valence-corrected chi connectivity index (χ4v) is 3.32. The summed E-state index contributed by atoms with van der Waals surface area (Å²) in [5.41, 5.74) is 1.53. The minimum absolute atomic E-state index is 0.0444. The van der Waals surface area contributed by atoms with E-state index in [4.69, 9.17) is 13.9 Å². The molecule has 8 heteroatoms.